The fourth-order valence-corrected chi connectivity index (χ4v) is 5.95. The molecule has 1 aromatic heterocycles. The number of likely N-dealkylation sites (tertiary alicyclic amines) is 1. The number of carbonyl (C=O) groups excluding carboxylic acids is 1. The zero-order valence-electron chi connectivity index (χ0n) is 20.7. The van der Waals surface area contributed by atoms with Crippen molar-refractivity contribution in [3.63, 3.8) is 0 Å². The lowest BCUT2D eigenvalue weighted by Crippen LogP contribution is -2.45. The minimum absolute atomic E-state index is 0. The van der Waals surface area contributed by atoms with Gasteiger partial charge in [-0.15, -0.1) is 10.8 Å². The summed E-state index contributed by atoms with van der Waals surface area (Å²) < 4.78 is 35.3. The molecule has 3 aromatic rings. The number of nitriles is 1. The molecule has 1 fully saturated rings. The van der Waals surface area contributed by atoms with E-state index in [0.29, 0.717) is 48.6 Å². The molecule has 0 radical (unpaired) electrons. The van der Waals surface area contributed by atoms with E-state index in [0.717, 1.165) is 23.1 Å². The lowest BCUT2D eigenvalue weighted by molar-refractivity contribution is -0.131. The molecule has 0 bridgehead atoms. The van der Waals surface area contributed by atoms with Crippen molar-refractivity contribution in [2.45, 2.75) is 45.3 Å². The van der Waals surface area contributed by atoms with Crippen LogP contribution in [0.5, 0.6) is 5.75 Å². The third kappa shape index (κ3) is 5.33. The number of nitrogens with zero attached hydrogens (tertiary/aromatic N) is 4. The monoisotopic (exact) mass is 525 g/mol. The molecule has 2 aliphatic rings. The molecule has 0 unspecified atom stereocenters. The Hall–Kier alpha value is -3.43. The number of aromatic nitrogens is 2. The van der Waals surface area contributed by atoms with Crippen LogP contribution in [-0.2, 0) is 11.2 Å². The van der Waals surface area contributed by atoms with Crippen LogP contribution in [0.2, 0.25) is 0 Å². The normalized spacial score (nSPS) is 17.3. The Kier molecular flexibility index (Phi) is 6.92. The van der Waals surface area contributed by atoms with Crippen molar-refractivity contribution in [2.75, 3.05) is 18.8 Å². The van der Waals surface area contributed by atoms with Gasteiger partial charge in [-0.3, -0.25) is 13.9 Å². The molecule has 5 rings (SSSR count). The van der Waals surface area contributed by atoms with Crippen molar-refractivity contribution in [1.82, 2.24) is 19.8 Å². The second-order valence-electron chi connectivity index (χ2n) is 9.54. The Balaban J connectivity index is 0.00000336. The average Bonchev–Trinajstić information content (AvgIpc) is 3.45. The van der Waals surface area contributed by atoms with Crippen LogP contribution in [0.4, 0.5) is 0 Å². The summed E-state index contributed by atoms with van der Waals surface area (Å²) in [6.45, 7) is 5.13. The third-order valence-electron chi connectivity index (χ3n) is 6.51. The number of hydrogen-bond acceptors (Lipinski definition) is 9. The minimum Gasteiger partial charge on any atom is -0.490 e. The second-order valence-corrected chi connectivity index (χ2v) is 11.4. The van der Waals surface area contributed by atoms with Gasteiger partial charge in [-0.1, -0.05) is 23.4 Å². The van der Waals surface area contributed by atoms with E-state index in [9.17, 15) is 19.2 Å². The predicted molar refractivity (Wildman–Crippen MR) is 141 cm³/mol. The molecule has 3 N–H and O–H groups in total. The summed E-state index contributed by atoms with van der Waals surface area (Å²) in [5.74, 6) is 0.629. The van der Waals surface area contributed by atoms with Crippen LogP contribution in [0.1, 0.15) is 50.8 Å². The van der Waals surface area contributed by atoms with E-state index in [1.807, 2.05) is 32.0 Å². The Bertz CT molecular complexity index is 1370. The molecule has 2 aromatic carbocycles. The topological polar surface area (TPSA) is 145 Å². The van der Waals surface area contributed by atoms with E-state index >= 15 is 0 Å². The predicted octanol–water partition coefficient (Wildman–Crippen LogP) is 4.78. The number of rotatable bonds is 8. The van der Waals surface area contributed by atoms with Crippen LogP contribution in [0.3, 0.4) is 0 Å². The Morgan fingerprint density at radius 2 is 2.16 bits per heavy atom. The first-order valence-electron chi connectivity index (χ1n) is 12.2. The molecule has 0 saturated carbocycles. The highest BCUT2D eigenvalue weighted by Crippen LogP contribution is 2.44. The van der Waals surface area contributed by atoms with Gasteiger partial charge in [-0.05, 0) is 62.4 Å². The Morgan fingerprint density at radius 1 is 1.35 bits per heavy atom. The molecular formula is C26H31N5O5S. The standard InChI is InChI=1S/C26H29N5O5S.H2/c1-16(2)35-23-10-7-17(13-18(23)14-27)26-28-25(29-36-26)21-6-3-5-20-19(21)8-9-22(20)30-37(33,34)15-24(32)31-11-4-12-31;/h3,5-7,10,13,16,22,30,33-34H,4,8-9,11-12,15H2,1-2H3;1H/t22-;/m0./s1. The number of hydrogen-bond donors (Lipinski definition) is 3. The molecule has 1 aliphatic carbocycles. The zero-order valence-corrected chi connectivity index (χ0v) is 21.5. The van der Waals surface area contributed by atoms with Crippen molar-refractivity contribution >= 4 is 16.7 Å². The fraction of sp³-hybridized carbons (Fsp3) is 0.385. The molecule has 1 amide bonds. The van der Waals surface area contributed by atoms with Crippen molar-refractivity contribution in [2.24, 2.45) is 0 Å². The van der Waals surface area contributed by atoms with E-state index in [1.54, 1.807) is 23.1 Å². The van der Waals surface area contributed by atoms with Gasteiger partial charge in [0.1, 0.15) is 17.6 Å². The van der Waals surface area contributed by atoms with E-state index in [-0.39, 0.29) is 31.1 Å². The highest BCUT2D eigenvalue weighted by atomic mass is 32.3. The van der Waals surface area contributed by atoms with Crippen LogP contribution in [-0.4, -0.2) is 55.0 Å². The van der Waals surface area contributed by atoms with Crippen LogP contribution < -0.4 is 9.46 Å². The van der Waals surface area contributed by atoms with Crippen molar-refractivity contribution in [3.05, 3.63) is 53.1 Å². The summed E-state index contributed by atoms with van der Waals surface area (Å²) in [5.41, 5.74) is 3.70. The number of ether oxygens (including phenoxy) is 1. The van der Waals surface area contributed by atoms with Gasteiger partial charge >= 0.3 is 0 Å². The Morgan fingerprint density at radius 3 is 2.86 bits per heavy atom. The summed E-state index contributed by atoms with van der Waals surface area (Å²) in [6.07, 6.45) is 2.22. The van der Waals surface area contributed by atoms with Gasteiger partial charge in [-0.25, -0.2) is 4.72 Å². The van der Waals surface area contributed by atoms with Gasteiger partial charge in [-0.2, -0.15) is 10.2 Å². The van der Waals surface area contributed by atoms with Crippen LogP contribution in [0.15, 0.2) is 40.9 Å². The fourth-order valence-electron chi connectivity index (χ4n) is 4.64. The van der Waals surface area contributed by atoms with Gasteiger partial charge < -0.3 is 14.2 Å². The van der Waals surface area contributed by atoms with Crippen molar-refractivity contribution in [1.29, 1.82) is 5.26 Å². The van der Waals surface area contributed by atoms with E-state index in [1.165, 1.54) is 0 Å². The second kappa shape index (κ2) is 10.1. The summed E-state index contributed by atoms with van der Waals surface area (Å²) in [4.78, 5) is 18.5. The minimum atomic E-state index is -3.28. The number of fused-ring (bicyclic) bond motifs is 1. The van der Waals surface area contributed by atoms with E-state index in [2.05, 4.69) is 20.9 Å². The third-order valence-corrected chi connectivity index (χ3v) is 7.82. The molecule has 196 valence electrons. The maximum atomic E-state index is 12.3. The smallest absolute Gasteiger partial charge is 0.258 e. The summed E-state index contributed by atoms with van der Waals surface area (Å²) in [7, 11) is -3.28. The molecule has 2 heterocycles. The lowest BCUT2D eigenvalue weighted by Gasteiger charge is -2.39. The first kappa shape index (κ1) is 25.2. The van der Waals surface area contributed by atoms with E-state index in [4.69, 9.17) is 9.26 Å². The highest BCUT2D eigenvalue weighted by molar-refractivity contribution is 8.23. The number of benzene rings is 2. The first-order valence-corrected chi connectivity index (χ1v) is 13.9. The highest BCUT2D eigenvalue weighted by Gasteiger charge is 2.32. The van der Waals surface area contributed by atoms with Crippen LogP contribution in [0, 0.1) is 11.3 Å². The number of amides is 1. The number of nitrogens with one attached hydrogen (secondary N) is 1. The van der Waals surface area contributed by atoms with E-state index < -0.39 is 10.8 Å². The van der Waals surface area contributed by atoms with Crippen molar-refractivity contribution in [3.8, 4) is 34.7 Å². The Labute approximate surface area is 218 Å². The molecule has 0 spiro atoms. The molecular weight excluding hydrogens is 494 g/mol. The molecule has 10 nitrogen and oxygen atoms in total. The summed E-state index contributed by atoms with van der Waals surface area (Å²) in [6, 6.07) is 12.7. The quantitative estimate of drug-likeness (QED) is 0.378. The molecule has 1 saturated heterocycles. The van der Waals surface area contributed by atoms with Crippen molar-refractivity contribution < 1.29 is 24.6 Å². The van der Waals surface area contributed by atoms with Gasteiger partial charge in [0.25, 0.3) is 5.89 Å². The summed E-state index contributed by atoms with van der Waals surface area (Å²) >= 11 is 0. The van der Waals surface area contributed by atoms with Gasteiger partial charge in [0.15, 0.2) is 0 Å². The zero-order chi connectivity index (χ0) is 26.2. The molecule has 11 heteroatoms. The van der Waals surface area contributed by atoms with Crippen LogP contribution in [0.25, 0.3) is 22.8 Å². The maximum absolute atomic E-state index is 12.3. The van der Waals surface area contributed by atoms with Gasteiger partial charge in [0, 0.05) is 25.6 Å². The molecule has 37 heavy (non-hydrogen) atoms. The largest absolute Gasteiger partial charge is 0.490 e. The maximum Gasteiger partial charge on any atom is 0.258 e. The summed E-state index contributed by atoms with van der Waals surface area (Å²) in [5, 5.41) is 13.7. The van der Waals surface area contributed by atoms with Gasteiger partial charge in [0.2, 0.25) is 11.7 Å². The lowest BCUT2D eigenvalue weighted by atomic mass is 10.0. The average molecular weight is 526 g/mol. The number of carbonyl (C=O) groups is 1. The first-order chi connectivity index (χ1) is 17.7. The molecule has 1 aliphatic heterocycles. The SMILES string of the molecule is CC(C)Oc1ccc(-c2nc(-c3cccc4c3CC[C@@H]4NS(O)(O)CC(=O)N3CCC3)no2)cc1C#N.[HH]. The van der Waals surface area contributed by atoms with Crippen LogP contribution >= 0.6 is 10.8 Å². The van der Waals surface area contributed by atoms with Gasteiger partial charge in [0.05, 0.1) is 17.7 Å². The molecule has 1 atom stereocenters.